The van der Waals surface area contributed by atoms with Crippen molar-refractivity contribution in [2.24, 2.45) is 0 Å². The molecule has 0 aliphatic heterocycles. The number of nitrogens with two attached hydrogens (primary N) is 1. The molecule has 0 amide bonds. The molecule has 5 aromatic rings. The minimum absolute atomic E-state index is 0.176. The van der Waals surface area contributed by atoms with E-state index in [9.17, 15) is 10.2 Å². The Morgan fingerprint density at radius 1 is 1.00 bits per heavy atom. The van der Waals surface area contributed by atoms with Crippen LogP contribution in [-0.4, -0.2) is 36.1 Å². The molecule has 3 aromatic heterocycles. The monoisotopic (exact) mass is 411 g/mol. The number of hydrogen-bond donors (Lipinski definition) is 3. The van der Waals surface area contributed by atoms with Crippen LogP contribution in [0, 0.1) is 6.92 Å². The summed E-state index contributed by atoms with van der Waals surface area (Å²) in [4.78, 5) is 9.47. The van der Waals surface area contributed by atoms with Crippen molar-refractivity contribution in [3.63, 3.8) is 0 Å². The van der Waals surface area contributed by atoms with E-state index in [1.165, 1.54) is 0 Å². The van der Waals surface area contributed by atoms with Crippen LogP contribution in [0.25, 0.3) is 38.9 Å². The fourth-order valence-corrected chi connectivity index (χ4v) is 3.81. The third-order valence-electron chi connectivity index (χ3n) is 5.48. The fourth-order valence-electron chi connectivity index (χ4n) is 3.81. The molecule has 0 aliphatic rings. The van der Waals surface area contributed by atoms with Crippen LogP contribution >= 0.6 is 0 Å². The van der Waals surface area contributed by atoms with Gasteiger partial charge in [0, 0.05) is 40.3 Å². The van der Waals surface area contributed by atoms with E-state index in [4.69, 9.17) is 10.7 Å². The Kier molecular flexibility index (Phi) is 4.62. The fraction of sp³-hybridized carbons (Fsp3) is 0.125. The first-order valence-corrected chi connectivity index (χ1v) is 9.95. The van der Waals surface area contributed by atoms with Crippen molar-refractivity contribution in [3.05, 3.63) is 78.1 Å². The van der Waals surface area contributed by atoms with E-state index in [0.29, 0.717) is 11.5 Å². The lowest BCUT2D eigenvalue weighted by atomic mass is 10.0. The second kappa shape index (κ2) is 7.46. The number of fused-ring (bicyclic) bond motifs is 2. The summed E-state index contributed by atoms with van der Waals surface area (Å²) in [5.74, 6) is 0.523. The summed E-state index contributed by atoms with van der Waals surface area (Å²) in [5, 5.41) is 23.9. The number of hydrogen-bond acceptors (Lipinski definition) is 6. The molecule has 0 aliphatic carbocycles. The van der Waals surface area contributed by atoms with Crippen LogP contribution in [0.3, 0.4) is 0 Å². The third-order valence-corrected chi connectivity index (χ3v) is 5.48. The number of para-hydroxylation sites is 1. The van der Waals surface area contributed by atoms with Crippen molar-refractivity contribution in [2.45, 2.75) is 19.6 Å². The average Bonchev–Trinajstić information content (AvgIpc) is 3.20. The number of pyridine rings is 1. The quantitative estimate of drug-likeness (QED) is 0.391. The van der Waals surface area contributed by atoms with Crippen molar-refractivity contribution in [1.82, 2.24) is 19.6 Å². The van der Waals surface area contributed by atoms with E-state index in [0.717, 1.165) is 44.4 Å². The van der Waals surface area contributed by atoms with Crippen molar-refractivity contribution < 1.29 is 10.2 Å². The van der Waals surface area contributed by atoms with E-state index < -0.39 is 6.29 Å². The Morgan fingerprint density at radius 2 is 1.77 bits per heavy atom. The van der Waals surface area contributed by atoms with Gasteiger partial charge in [-0.15, -0.1) is 0 Å². The van der Waals surface area contributed by atoms with Gasteiger partial charge in [0.05, 0.1) is 17.4 Å². The molecule has 7 heteroatoms. The second-order valence-corrected chi connectivity index (χ2v) is 7.56. The molecule has 0 bridgehead atoms. The Hall–Kier alpha value is -3.81. The van der Waals surface area contributed by atoms with Gasteiger partial charge in [0.1, 0.15) is 5.82 Å². The van der Waals surface area contributed by atoms with E-state index >= 15 is 0 Å². The predicted octanol–water partition coefficient (Wildman–Crippen LogP) is 3.36. The molecule has 7 nitrogen and oxygen atoms in total. The van der Waals surface area contributed by atoms with E-state index in [-0.39, 0.29) is 6.42 Å². The van der Waals surface area contributed by atoms with Crippen molar-refractivity contribution in [1.29, 1.82) is 0 Å². The maximum Gasteiger partial charge on any atom is 0.165 e. The van der Waals surface area contributed by atoms with Gasteiger partial charge in [0.25, 0.3) is 0 Å². The number of anilines is 1. The predicted molar refractivity (Wildman–Crippen MR) is 120 cm³/mol. The normalized spacial score (nSPS) is 11.6. The highest BCUT2D eigenvalue weighted by Crippen LogP contribution is 2.32. The van der Waals surface area contributed by atoms with Gasteiger partial charge in [-0.25, -0.2) is 4.98 Å². The van der Waals surface area contributed by atoms with Crippen LogP contribution in [0.4, 0.5) is 5.82 Å². The maximum absolute atomic E-state index is 9.18. The Labute approximate surface area is 178 Å². The number of aliphatic hydroxyl groups is 2. The molecule has 0 saturated carbocycles. The van der Waals surface area contributed by atoms with E-state index in [1.807, 2.05) is 61.7 Å². The summed E-state index contributed by atoms with van der Waals surface area (Å²) in [6.45, 7) is 1.92. The topological polar surface area (TPSA) is 110 Å². The molecule has 0 fully saturated rings. The lowest BCUT2D eigenvalue weighted by molar-refractivity contribution is -0.0381. The smallest absolute Gasteiger partial charge is 0.165 e. The molecule has 0 unspecified atom stereocenters. The number of rotatable bonds is 4. The zero-order valence-electron chi connectivity index (χ0n) is 16.9. The molecule has 5 rings (SSSR count). The first kappa shape index (κ1) is 19.2. The zero-order chi connectivity index (χ0) is 21.5. The van der Waals surface area contributed by atoms with Gasteiger partial charge in [0.2, 0.25) is 0 Å². The van der Waals surface area contributed by atoms with Gasteiger partial charge in [0.15, 0.2) is 11.9 Å². The second-order valence-electron chi connectivity index (χ2n) is 7.56. The van der Waals surface area contributed by atoms with Crippen LogP contribution in [0.5, 0.6) is 0 Å². The van der Waals surface area contributed by atoms with Gasteiger partial charge in [-0.05, 0) is 24.6 Å². The largest absolute Gasteiger partial charge is 0.383 e. The lowest BCUT2D eigenvalue weighted by Crippen LogP contribution is -2.08. The van der Waals surface area contributed by atoms with Crippen molar-refractivity contribution >= 4 is 22.4 Å². The van der Waals surface area contributed by atoms with Gasteiger partial charge in [-0.3, -0.25) is 4.98 Å². The number of nitrogens with zero attached hydrogens (tertiary/aromatic N) is 4. The highest BCUT2D eigenvalue weighted by Gasteiger charge is 2.17. The SMILES string of the molecule is Cc1c(-c2ccc(CC(O)O)cc2)nc2c(-c3cnc4ccccc4c3)cnn2c1N. The van der Waals surface area contributed by atoms with Crippen LogP contribution in [-0.2, 0) is 6.42 Å². The zero-order valence-corrected chi connectivity index (χ0v) is 16.9. The summed E-state index contributed by atoms with van der Waals surface area (Å²) in [6.07, 6.45) is 2.39. The summed E-state index contributed by atoms with van der Waals surface area (Å²) in [7, 11) is 0. The van der Waals surface area contributed by atoms with Crippen LogP contribution in [0.2, 0.25) is 0 Å². The summed E-state index contributed by atoms with van der Waals surface area (Å²) in [6, 6.07) is 17.6. The molecule has 0 saturated heterocycles. The first-order chi connectivity index (χ1) is 15.0. The summed E-state index contributed by atoms with van der Waals surface area (Å²) < 4.78 is 1.65. The standard InChI is InChI=1S/C24H21N5O2/c1-14-22(16-8-6-15(7-9-16)10-21(30)31)28-24-19(13-27-29(24)23(14)25)18-11-17-4-2-3-5-20(17)26-12-18/h2-9,11-13,21,30-31H,10,25H2,1H3. The Balaban J connectivity index is 1.64. The Bertz CT molecular complexity index is 1410. The van der Waals surface area contributed by atoms with Crippen LogP contribution < -0.4 is 5.73 Å². The van der Waals surface area contributed by atoms with Crippen LogP contribution in [0.15, 0.2) is 67.0 Å². The first-order valence-electron chi connectivity index (χ1n) is 9.95. The maximum atomic E-state index is 9.18. The average molecular weight is 411 g/mol. The number of benzene rings is 2. The molecule has 4 N–H and O–H groups in total. The number of nitrogen functional groups attached to an aromatic ring is 1. The lowest BCUT2D eigenvalue weighted by Gasteiger charge is -2.12. The minimum Gasteiger partial charge on any atom is -0.383 e. The Morgan fingerprint density at radius 3 is 2.55 bits per heavy atom. The van der Waals surface area contributed by atoms with Gasteiger partial charge in [-0.1, -0.05) is 42.5 Å². The van der Waals surface area contributed by atoms with E-state index in [2.05, 4.69) is 16.1 Å². The molecule has 0 spiro atoms. The molecular formula is C24H21N5O2. The third kappa shape index (κ3) is 3.39. The van der Waals surface area contributed by atoms with Gasteiger partial charge in [-0.2, -0.15) is 9.61 Å². The van der Waals surface area contributed by atoms with Crippen molar-refractivity contribution in [2.75, 3.05) is 5.73 Å². The molecule has 0 atom stereocenters. The summed E-state index contributed by atoms with van der Waals surface area (Å²) >= 11 is 0. The van der Waals surface area contributed by atoms with Gasteiger partial charge >= 0.3 is 0 Å². The number of aromatic nitrogens is 4. The molecule has 3 heterocycles. The molecule has 0 radical (unpaired) electrons. The minimum atomic E-state index is -1.37. The van der Waals surface area contributed by atoms with E-state index in [1.54, 1.807) is 10.7 Å². The number of aliphatic hydroxyl groups excluding tert-OH is 1. The summed E-state index contributed by atoms with van der Waals surface area (Å²) in [5.41, 5.74) is 13.1. The highest BCUT2D eigenvalue weighted by molar-refractivity contribution is 5.87. The molecule has 31 heavy (non-hydrogen) atoms. The van der Waals surface area contributed by atoms with Crippen molar-refractivity contribution in [3.8, 4) is 22.4 Å². The molecular weight excluding hydrogens is 390 g/mol. The molecule has 154 valence electrons. The van der Waals surface area contributed by atoms with Crippen LogP contribution in [0.1, 0.15) is 11.1 Å². The highest BCUT2D eigenvalue weighted by atomic mass is 16.5. The van der Waals surface area contributed by atoms with Gasteiger partial charge < -0.3 is 15.9 Å². The molecule has 2 aromatic carbocycles.